The van der Waals surface area contributed by atoms with Gasteiger partial charge in [-0.15, -0.1) is 0 Å². The number of amides is 1. The fraction of sp³-hybridized carbons (Fsp3) is 0.333. The number of hydrogen-bond donors (Lipinski definition) is 3. The Balaban J connectivity index is 0.932. The van der Waals surface area contributed by atoms with Gasteiger partial charge in [0.1, 0.15) is 22.8 Å². The van der Waals surface area contributed by atoms with E-state index in [1.165, 1.54) is 34.9 Å². The van der Waals surface area contributed by atoms with Crippen molar-refractivity contribution in [2.45, 2.75) is 36.7 Å². The number of anilines is 1. The molecule has 2 atom stereocenters. The summed E-state index contributed by atoms with van der Waals surface area (Å²) >= 11 is 6.26. The number of aromatic nitrogens is 2. The third-order valence-electron chi connectivity index (χ3n) is 11.8. The number of H-pyrrole nitrogens is 1. The summed E-state index contributed by atoms with van der Waals surface area (Å²) in [5, 5.41) is 16.6. The number of nitro groups is 1. The summed E-state index contributed by atoms with van der Waals surface area (Å²) in [6.07, 6.45) is 9.31. The Bertz CT molecular complexity index is 2550. The normalized spacial score (nSPS) is 19.6. The average molecular weight is 865 g/mol. The number of nitrogens with zero attached hydrogens (tertiary/aromatic N) is 3. The maximum Gasteiger partial charge on any atom is 0.293 e. The second-order valence-electron chi connectivity index (χ2n) is 16.0. The second-order valence-corrected chi connectivity index (χ2v) is 17.6. The molecule has 316 valence electrons. The summed E-state index contributed by atoms with van der Waals surface area (Å²) in [6.45, 7) is 5.75. The molecule has 3 N–H and O–H groups in total. The number of pyridine rings is 1. The Morgan fingerprint density at radius 1 is 1.05 bits per heavy atom. The van der Waals surface area contributed by atoms with Gasteiger partial charge in [0.15, 0.2) is 11.0 Å². The zero-order valence-electron chi connectivity index (χ0n) is 33.3. The molecule has 1 spiro atoms. The Kier molecular flexibility index (Phi) is 12.0. The summed E-state index contributed by atoms with van der Waals surface area (Å²) in [7, 11) is -2.14. The summed E-state index contributed by atoms with van der Waals surface area (Å²) in [6, 6.07) is 21.4. The number of rotatable bonds is 13. The maximum absolute atomic E-state index is 13.9. The molecular weight excluding hydrogens is 820 g/mol. The molecular formula is C45H45ClN6O8S. The van der Waals surface area contributed by atoms with Crippen LogP contribution in [0.5, 0.6) is 11.5 Å². The van der Waals surface area contributed by atoms with E-state index in [-0.39, 0.29) is 39.1 Å². The molecule has 16 heteroatoms. The van der Waals surface area contributed by atoms with E-state index in [1.54, 1.807) is 18.5 Å². The average Bonchev–Trinajstić information content (AvgIpc) is 3.74. The summed E-state index contributed by atoms with van der Waals surface area (Å²) in [4.78, 5) is 35.4. The molecule has 2 saturated heterocycles. The number of nitro benzene ring substituents is 1. The van der Waals surface area contributed by atoms with Crippen LogP contribution >= 0.6 is 11.6 Å². The Hall–Kier alpha value is -5.42. The van der Waals surface area contributed by atoms with Crippen molar-refractivity contribution < 1.29 is 32.9 Å². The lowest BCUT2D eigenvalue weighted by molar-refractivity contribution is -0.384. The van der Waals surface area contributed by atoms with Crippen LogP contribution in [0, 0.1) is 15.5 Å². The van der Waals surface area contributed by atoms with E-state index in [1.807, 2.05) is 36.4 Å². The van der Waals surface area contributed by atoms with Crippen molar-refractivity contribution in [2.75, 3.05) is 64.5 Å². The maximum atomic E-state index is 13.9. The number of aromatic amines is 1. The quantitative estimate of drug-likeness (QED) is 0.0776. The molecule has 14 nitrogen and oxygen atoms in total. The molecule has 1 amide bonds. The first-order valence-corrected chi connectivity index (χ1v) is 21.9. The number of fused-ring (bicyclic) bond motifs is 1. The number of nitrogens with one attached hydrogen (secondary N) is 3. The van der Waals surface area contributed by atoms with E-state index >= 15 is 0 Å². The first-order valence-electron chi connectivity index (χ1n) is 20.3. The summed E-state index contributed by atoms with van der Waals surface area (Å²) in [5.74, 6) is -0.00824. The highest BCUT2D eigenvalue weighted by atomic mass is 35.5. The van der Waals surface area contributed by atoms with E-state index in [4.69, 9.17) is 30.5 Å². The van der Waals surface area contributed by atoms with Crippen molar-refractivity contribution in [1.82, 2.24) is 19.6 Å². The molecule has 0 radical (unpaired) electrons. The highest BCUT2D eigenvalue weighted by Crippen LogP contribution is 2.48. The predicted molar refractivity (Wildman–Crippen MR) is 233 cm³/mol. The molecule has 1 aliphatic carbocycles. The van der Waals surface area contributed by atoms with Crippen LogP contribution in [0.1, 0.15) is 47.2 Å². The fourth-order valence-corrected chi connectivity index (χ4v) is 9.34. The molecule has 9 rings (SSSR count). The fourth-order valence-electron chi connectivity index (χ4n) is 8.41. The number of carbonyl (C=O) groups is 1. The van der Waals surface area contributed by atoms with E-state index in [2.05, 4.69) is 43.1 Å². The minimum Gasteiger partial charge on any atom is -0.455 e. The van der Waals surface area contributed by atoms with Gasteiger partial charge >= 0.3 is 0 Å². The molecule has 2 aromatic heterocycles. The molecule has 5 aromatic rings. The Labute approximate surface area is 360 Å². The molecule has 61 heavy (non-hydrogen) atoms. The number of carbonyl (C=O) groups excluding carboxylic acids is 1. The topological polar surface area (TPSA) is 170 Å². The third-order valence-corrected chi connectivity index (χ3v) is 13.1. The number of benzene rings is 3. The van der Waals surface area contributed by atoms with Crippen LogP contribution in [0.2, 0.25) is 5.02 Å². The summed E-state index contributed by atoms with van der Waals surface area (Å²) in [5.41, 5.74) is 7.15. The van der Waals surface area contributed by atoms with Crippen LogP contribution in [-0.4, -0.2) is 95.2 Å². The minimum atomic E-state index is -2.14. The van der Waals surface area contributed by atoms with E-state index < -0.39 is 21.8 Å². The standard InChI is InChI=1S/C45H45ClN6O8S/c46-34-4-1-30(2-5-34)39-22-45(27-58-28-45)13-9-33(39)25-51-15-11-29(12-16-51)31-3-7-38(42(20-31)60-35-19-32-10-14-47-43(32)49-23-35)44(53)50-61(56)37-6-8-40(41(21-37)52(54)55)48-24-36-26-57-17-18-59-36/h1-8,10-11,14,19-21,23,36,48H,9,12-13,15-18,22,24-28H2,(H,47,49)(H,50,53). The smallest absolute Gasteiger partial charge is 0.293 e. The monoisotopic (exact) mass is 864 g/mol. The number of allylic oxidation sites excluding steroid dienone is 1. The van der Waals surface area contributed by atoms with Gasteiger partial charge in [0.2, 0.25) is 0 Å². The van der Waals surface area contributed by atoms with Crippen molar-refractivity contribution >= 4 is 62.0 Å². The molecule has 5 heterocycles. The summed E-state index contributed by atoms with van der Waals surface area (Å²) < 4.78 is 39.2. The van der Waals surface area contributed by atoms with Gasteiger partial charge in [0.05, 0.1) is 60.7 Å². The van der Waals surface area contributed by atoms with Crippen molar-refractivity contribution in [3.8, 4) is 11.5 Å². The number of ether oxygens (including phenoxy) is 4. The van der Waals surface area contributed by atoms with Gasteiger partial charge in [-0.25, -0.2) is 9.19 Å². The van der Waals surface area contributed by atoms with Gasteiger partial charge < -0.3 is 29.2 Å². The van der Waals surface area contributed by atoms with Gasteiger partial charge in [0.25, 0.3) is 11.6 Å². The van der Waals surface area contributed by atoms with Crippen LogP contribution in [0.25, 0.3) is 22.2 Å². The molecule has 2 fully saturated rings. The molecule has 4 aliphatic rings. The van der Waals surface area contributed by atoms with E-state index in [0.717, 1.165) is 80.1 Å². The largest absolute Gasteiger partial charge is 0.455 e. The van der Waals surface area contributed by atoms with Gasteiger partial charge in [-0.3, -0.25) is 24.5 Å². The Morgan fingerprint density at radius 2 is 1.90 bits per heavy atom. The van der Waals surface area contributed by atoms with Crippen molar-refractivity contribution in [2.24, 2.45) is 5.41 Å². The van der Waals surface area contributed by atoms with Crippen LogP contribution in [0.4, 0.5) is 11.4 Å². The Morgan fingerprint density at radius 3 is 2.66 bits per heavy atom. The van der Waals surface area contributed by atoms with Crippen LogP contribution in [-0.2, 0) is 25.2 Å². The van der Waals surface area contributed by atoms with Gasteiger partial charge in [-0.1, -0.05) is 41.4 Å². The second kappa shape index (κ2) is 17.9. The molecule has 3 aromatic carbocycles. The highest BCUT2D eigenvalue weighted by Gasteiger charge is 2.42. The zero-order valence-corrected chi connectivity index (χ0v) is 34.9. The minimum absolute atomic E-state index is 0.0572. The third kappa shape index (κ3) is 9.27. The molecule has 0 bridgehead atoms. The van der Waals surface area contributed by atoms with E-state index in [0.29, 0.717) is 37.8 Å². The molecule has 3 aliphatic heterocycles. The van der Waals surface area contributed by atoms with Crippen molar-refractivity contribution in [3.63, 3.8) is 0 Å². The van der Waals surface area contributed by atoms with Crippen molar-refractivity contribution in [1.29, 1.82) is 0 Å². The number of halogens is 1. The van der Waals surface area contributed by atoms with Crippen molar-refractivity contribution in [3.05, 3.63) is 129 Å². The predicted octanol–water partition coefficient (Wildman–Crippen LogP) is 7.94. The van der Waals surface area contributed by atoms with Gasteiger partial charge in [-0.05, 0) is 96.5 Å². The van der Waals surface area contributed by atoms with E-state index in [9.17, 15) is 19.1 Å². The lowest BCUT2D eigenvalue weighted by Crippen LogP contribution is -2.45. The molecule has 2 unspecified atom stereocenters. The first-order chi connectivity index (χ1) is 29.7. The number of hydrogen-bond acceptors (Lipinski definition) is 11. The SMILES string of the molecule is O=C(NS(=O)c1ccc(NCC2COCCO2)c([N+](=O)[O-])c1)c1ccc(C2=CCN(CC3=C(c4ccc(Cl)cc4)CC4(CC3)COC4)CC2)cc1Oc1cnc2[nH]ccc2c1. The lowest BCUT2D eigenvalue weighted by Gasteiger charge is -2.46. The van der Waals surface area contributed by atoms with Crippen LogP contribution in [0.3, 0.4) is 0 Å². The highest BCUT2D eigenvalue weighted by molar-refractivity contribution is 7.83. The lowest BCUT2D eigenvalue weighted by atomic mass is 9.68. The zero-order chi connectivity index (χ0) is 41.9. The van der Waals surface area contributed by atoms with Gasteiger partial charge in [0, 0.05) is 54.3 Å². The van der Waals surface area contributed by atoms with Crippen LogP contribution in [0.15, 0.2) is 102 Å². The first kappa shape index (κ1) is 41.0. The molecule has 0 saturated carbocycles. The van der Waals surface area contributed by atoms with Crippen LogP contribution < -0.4 is 14.8 Å². The van der Waals surface area contributed by atoms with Gasteiger partial charge in [-0.2, -0.15) is 0 Å².